The first-order chi connectivity index (χ1) is 18.8. The third-order valence-corrected chi connectivity index (χ3v) is 6.90. The molecule has 8 nitrogen and oxygen atoms in total. The Morgan fingerprint density at radius 3 is 2.64 bits per heavy atom. The first-order valence-electron chi connectivity index (χ1n) is 12.6. The SMILES string of the molecule is C[C@H](c1cc2ccccn2c1-c1cccc(CN(C)C)c1)n1nc(-c2cc(O)cc(F)c2)c2c(N)ncnc21. The average Bonchev–Trinajstić information content (AvgIpc) is 3.48. The van der Waals surface area contributed by atoms with E-state index in [1.165, 1.54) is 24.0 Å². The molecule has 0 radical (unpaired) electrons. The number of rotatable bonds is 6. The van der Waals surface area contributed by atoms with Crippen molar-refractivity contribution in [2.75, 3.05) is 19.8 Å². The molecule has 0 bridgehead atoms. The van der Waals surface area contributed by atoms with E-state index >= 15 is 0 Å². The van der Waals surface area contributed by atoms with Gasteiger partial charge in [0.15, 0.2) is 5.65 Å². The van der Waals surface area contributed by atoms with E-state index in [0.717, 1.165) is 34.9 Å². The predicted octanol–water partition coefficient (Wildman–Crippen LogP) is 5.51. The Hall–Kier alpha value is -4.76. The number of nitrogens with zero attached hydrogens (tertiary/aromatic N) is 6. The molecule has 0 spiro atoms. The molecule has 4 aromatic heterocycles. The smallest absolute Gasteiger partial charge is 0.164 e. The molecule has 9 heteroatoms. The minimum Gasteiger partial charge on any atom is -0.508 e. The fourth-order valence-corrected chi connectivity index (χ4v) is 5.26. The number of pyridine rings is 1. The predicted molar refractivity (Wildman–Crippen MR) is 151 cm³/mol. The van der Waals surface area contributed by atoms with Crippen molar-refractivity contribution in [3.8, 4) is 28.3 Å². The van der Waals surface area contributed by atoms with Crippen LogP contribution in [0.15, 0.2) is 79.3 Å². The molecule has 0 saturated heterocycles. The first-order valence-corrected chi connectivity index (χ1v) is 12.6. The number of nitrogen functional groups attached to an aromatic ring is 1. The molecule has 1 atom stereocenters. The fourth-order valence-electron chi connectivity index (χ4n) is 5.26. The molecule has 0 saturated carbocycles. The highest BCUT2D eigenvalue weighted by atomic mass is 19.1. The van der Waals surface area contributed by atoms with Crippen molar-refractivity contribution in [1.82, 2.24) is 29.0 Å². The molecule has 39 heavy (non-hydrogen) atoms. The summed E-state index contributed by atoms with van der Waals surface area (Å²) in [5.74, 6) is -0.541. The van der Waals surface area contributed by atoms with E-state index in [9.17, 15) is 9.50 Å². The Balaban J connectivity index is 1.57. The molecule has 0 fully saturated rings. The second kappa shape index (κ2) is 9.52. The maximum atomic E-state index is 14.3. The normalized spacial score (nSPS) is 12.5. The number of halogens is 1. The molecule has 6 rings (SSSR count). The monoisotopic (exact) mass is 521 g/mol. The van der Waals surface area contributed by atoms with Crippen LogP contribution in [0.5, 0.6) is 5.75 Å². The molecular weight excluding hydrogens is 493 g/mol. The van der Waals surface area contributed by atoms with E-state index < -0.39 is 5.82 Å². The van der Waals surface area contributed by atoms with Crippen LogP contribution < -0.4 is 5.73 Å². The summed E-state index contributed by atoms with van der Waals surface area (Å²) in [7, 11) is 4.11. The van der Waals surface area contributed by atoms with Gasteiger partial charge in [0.05, 0.1) is 17.1 Å². The quantitative estimate of drug-likeness (QED) is 0.300. The van der Waals surface area contributed by atoms with Crippen LogP contribution in [0.3, 0.4) is 0 Å². The van der Waals surface area contributed by atoms with Crippen molar-refractivity contribution >= 4 is 22.4 Å². The molecule has 4 heterocycles. The van der Waals surface area contributed by atoms with Crippen molar-refractivity contribution in [2.45, 2.75) is 19.5 Å². The number of nitrogens with two attached hydrogens (primary N) is 1. The highest BCUT2D eigenvalue weighted by molar-refractivity contribution is 5.98. The van der Waals surface area contributed by atoms with Crippen LogP contribution in [-0.4, -0.2) is 48.3 Å². The number of hydrogen-bond acceptors (Lipinski definition) is 6. The van der Waals surface area contributed by atoms with Gasteiger partial charge in [-0.2, -0.15) is 5.10 Å². The highest BCUT2D eigenvalue weighted by Crippen LogP contribution is 2.38. The molecule has 0 aliphatic heterocycles. The van der Waals surface area contributed by atoms with Crippen LogP contribution in [-0.2, 0) is 6.54 Å². The molecule has 6 aromatic rings. The van der Waals surface area contributed by atoms with Gasteiger partial charge in [-0.25, -0.2) is 19.0 Å². The number of fused-ring (bicyclic) bond motifs is 2. The lowest BCUT2D eigenvalue weighted by molar-refractivity contribution is 0.402. The summed E-state index contributed by atoms with van der Waals surface area (Å²) in [6.45, 7) is 2.88. The van der Waals surface area contributed by atoms with Gasteiger partial charge in [0.1, 0.15) is 29.4 Å². The molecule has 3 N–H and O–H groups in total. The highest BCUT2D eigenvalue weighted by Gasteiger charge is 2.25. The Morgan fingerprint density at radius 1 is 1.00 bits per heavy atom. The molecule has 2 aromatic carbocycles. The zero-order chi connectivity index (χ0) is 27.3. The standard InChI is InChI=1S/C30H28FN7O/c1-18(38-30-26(29(32)33-17-34-30)27(35-38)21-12-22(31)14-24(39)13-21)25-15-23-9-4-5-10-37(23)28(25)20-8-6-7-19(11-20)16-36(2)3/h4-15,17-18,39H,16H2,1-3H3,(H2,32,33,34)/t18-/m1/s1. The van der Waals surface area contributed by atoms with Gasteiger partial charge < -0.3 is 20.1 Å². The Bertz CT molecular complexity index is 1820. The number of phenolic OH excluding ortho intramolecular Hbond substituents is 1. The Kier molecular flexibility index (Phi) is 6.00. The van der Waals surface area contributed by atoms with Gasteiger partial charge in [-0.15, -0.1) is 0 Å². The van der Waals surface area contributed by atoms with Crippen LogP contribution in [0.1, 0.15) is 24.1 Å². The summed E-state index contributed by atoms with van der Waals surface area (Å²) in [4.78, 5) is 10.8. The van der Waals surface area contributed by atoms with Gasteiger partial charge in [-0.05, 0) is 68.5 Å². The third-order valence-electron chi connectivity index (χ3n) is 6.90. The Labute approximate surface area is 224 Å². The summed E-state index contributed by atoms with van der Waals surface area (Å²) in [5.41, 5.74) is 13.0. The van der Waals surface area contributed by atoms with Crippen LogP contribution in [0.2, 0.25) is 0 Å². The van der Waals surface area contributed by atoms with Gasteiger partial charge in [-0.1, -0.05) is 24.3 Å². The van der Waals surface area contributed by atoms with Gasteiger partial charge in [0, 0.05) is 35.5 Å². The van der Waals surface area contributed by atoms with E-state index in [0.29, 0.717) is 22.3 Å². The number of hydrogen-bond donors (Lipinski definition) is 2. The van der Waals surface area contributed by atoms with E-state index in [-0.39, 0.29) is 17.6 Å². The van der Waals surface area contributed by atoms with E-state index in [4.69, 9.17) is 10.8 Å². The summed E-state index contributed by atoms with van der Waals surface area (Å²) in [6, 6.07) is 20.4. The van der Waals surface area contributed by atoms with Crippen LogP contribution >= 0.6 is 0 Å². The first kappa shape index (κ1) is 24.6. The van der Waals surface area contributed by atoms with Crippen LogP contribution in [0.4, 0.5) is 10.2 Å². The maximum absolute atomic E-state index is 14.3. The number of phenols is 1. The minimum absolute atomic E-state index is 0.199. The average molecular weight is 522 g/mol. The van der Waals surface area contributed by atoms with Crippen LogP contribution in [0, 0.1) is 5.82 Å². The van der Waals surface area contributed by atoms with Crippen LogP contribution in [0.25, 0.3) is 39.1 Å². The van der Waals surface area contributed by atoms with Crippen molar-refractivity contribution in [3.05, 3.63) is 96.2 Å². The summed E-state index contributed by atoms with van der Waals surface area (Å²) in [6.07, 6.45) is 3.46. The maximum Gasteiger partial charge on any atom is 0.164 e. The molecule has 196 valence electrons. The van der Waals surface area contributed by atoms with E-state index in [1.54, 1.807) is 4.68 Å². The van der Waals surface area contributed by atoms with Gasteiger partial charge in [0.2, 0.25) is 0 Å². The zero-order valence-electron chi connectivity index (χ0n) is 21.9. The zero-order valence-corrected chi connectivity index (χ0v) is 21.9. The molecule has 0 aliphatic carbocycles. The Morgan fingerprint density at radius 2 is 1.85 bits per heavy atom. The third kappa shape index (κ3) is 4.36. The van der Waals surface area contributed by atoms with Crippen molar-refractivity contribution in [1.29, 1.82) is 0 Å². The minimum atomic E-state index is -0.574. The molecule has 0 amide bonds. The van der Waals surface area contributed by atoms with Crippen molar-refractivity contribution < 1.29 is 9.50 Å². The molecular formula is C30H28FN7O. The molecule has 0 aliphatic rings. The summed E-state index contributed by atoms with van der Waals surface area (Å²) >= 11 is 0. The summed E-state index contributed by atoms with van der Waals surface area (Å²) < 4.78 is 18.2. The summed E-state index contributed by atoms with van der Waals surface area (Å²) in [5, 5.41) is 15.5. The lowest BCUT2D eigenvalue weighted by Gasteiger charge is -2.16. The second-order valence-corrected chi connectivity index (χ2v) is 10.0. The number of aromatic nitrogens is 5. The topological polar surface area (TPSA) is 97.5 Å². The number of aromatic hydroxyl groups is 1. The molecule has 0 unspecified atom stereocenters. The number of anilines is 1. The van der Waals surface area contributed by atoms with Gasteiger partial charge >= 0.3 is 0 Å². The number of benzene rings is 2. The second-order valence-electron chi connectivity index (χ2n) is 10.0. The lowest BCUT2D eigenvalue weighted by Crippen LogP contribution is -2.11. The van der Waals surface area contributed by atoms with E-state index in [1.807, 2.05) is 12.1 Å². The van der Waals surface area contributed by atoms with Crippen molar-refractivity contribution in [2.24, 2.45) is 0 Å². The van der Waals surface area contributed by atoms with Gasteiger partial charge in [-0.3, -0.25) is 0 Å². The lowest BCUT2D eigenvalue weighted by atomic mass is 10.0. The largest absolute Gasteiger partial charge is 0.508 e. The van der Waals surface area contributed by atoms with Gasteiger partial charge in [0.25, 0.3) is 0 Å². The van der Waals surface area contributed by atoms with E-state index in [2.05, 4.69) is 82.9 Å². The fraction of sp³-hybridized carbons (Fsp3) is 0.167. The van der Waals surface area contributed by atoms with Crippen molar-refractivity contribution in [3.63, 3.8) is 0 Å².